The van der Waals surface area contributed by atoms with Crippen molar-refractivity contribution in [2.24, 2.45) is 0 Å². The summed E-state index contributed by atoms with van der Waals surface area (Å²) < 4.78 is 14.2. The molecule has 0 bridgehead atoms. The summed E-state index contributed by atoms with van der Waals surface area (Å²) in [4.78, 5) is 32.5. The highest BCUT2D eigenvalue weighted by Gasteiger charge is 2.18. The van der Waals surface area contributed by atoms with Crippen LogP contribution in [0.15, 0.2) is 6.07 Å². The summed E-state index contributed by atoms with van der Waals surface area (Å²) in [6, 6.07) is 1.53. The minimum Gasteiger partial charge on any atom is -0.481 e. The number of nitrogens with zero attached hydrogens (tertiary/aromatic N) is 3. The number of methoxy groups -OCH3 is 3. The maximum absolute atomic E-state index is 11.4. The average molecular weight is 283 g/mol. The fraction of sp³-hybridized carbons (Fsp3) is 0.500. The molecule has 20 heavy (non-hydrogen) atoms. The van der Waals surface area contributed by atoms with Gasteiger partial charge in [0, 0.05) is 6.07 Å². The summed E-state index contributed by atoms with van der Waals surface area (Å²) in [7, 11) is 4.01. The molecule has 110 valence electrons. The maximum atomic E-state index is 11.4. The van der Waals surface area contributed by atoms with Gasteiger partial charge in [0.05, 0.1) is 21.3 Å². The number of carbonyl (C=O) groups excluding carboxylic acids is 2. The van der Waals surface area contributed by atoms with Gasteiger partial charge in [0.1, 0.15) is 24.7 Å². The molecule has 0 radical (unpaired) electrons. The van der Waals surface area contributed by atoms with E-state index in [0.717, 1.165) is 0 Å². The van der Waals surface area contributed by atoms with Crippen LogP contribution in [0.25, 0.3) is 0 Å². The van der Waals surface area contributed by atoms with Crippen molar-refractivity contribution < 1.29 is 23.8 Å². The molecule has 0 unspecified atom stereocenters. The first-order valence-corrected chi connectivity index (χ1v) is 5.78. The molecule has 0 fully saturated rings. The number of aryl methyl sites for hydroxylation is 1. The number of esters is 2. The summed E-state index contributed by atoms with van der Waals surface area (Å²) in [6.45, 7) is 1.41. The molecule has 8 heteroatoms. The van der Waals surface area contributed by atoms with Gasteiger partial charge >= 0.3 is 11.9 Å². The van der Waals surface area contributed by atoms with Crippen LogP contribution in [-0.4, -0.2) is 56.3 Å². The zero-order valence-electron chi connectivity index (χ0n) is 11.9. The van der Waals surface area contributed by atoms with Gasteiger partial charge in [0.25, 0.3) is 0 Å². The van der Waals surface area contributed by atoms with E-state index in [2.05, 4.69) is 19.4 Å². The lowest BCUT2D eigenvalue weighted by Gasteiger charge is -2.21. The summed E-state index contributed by atoms with van der Waals surface area (Å²) >= 11 is 0. The smallest absolute Gasteiger partial charge is 0.325 e. The van der Waals surface area contributed by atoms with E-state index in [1.54, 1.807) is 6.92 Å². The molecule has 0 N–H and O–H groups in total. The molecule has 8 nitrogen and oxygen atoms in total. The Bertz CT molecular complexity index is 474. The number of rotatable bonds is 6. The van der Waals surface area contributed by atoms with Crippen molar-refractivity contribution in [2.45, 2.75) is 6.92 Å². The van der Waals surface area contributed by atoms with E-state index < -0.39 is 11.9 Å². The van der Waals surface area contributed by atoms with Crippen molar-refractivity contribution in [3.63, 3.8) is 0 Å². The van der Waals surface area contributed by atoms with Crippen LogP contribution in [0.3, 0.4) is 0 Å². The summed E-state index contributed by atoms with van der Waals surface area (Å²) in [6.07, 6.45) is 0. The summed E-state index contributed by atoms with van der Waals surface area (Å²) in [5.41, 5.74) is 0. The SMILES string of the molecule is COC(=O)CN(CC(=O)OC)c1cc(OC)nc(C)n1. The average Bonchev–Trinajstić information content (AvgIpc) is 2.45. The Labute approximate surface area is 116 Å². The molecular weight excluding hydrogens is 266 g/mol. The molecule has 0 atom stereocenters. The van der Waals surface area contributed by atoms with Gasteiger partial charge in [-0.3, -0.25) is 9.59 Å². The van der Waals surface area contributed by atoms with Crippen LogP contribution in [-0.2, 0) is 19.1 Å². The zero-order chi connectivity index (χ0) is 15.1. The number of anilines is 1. The topological polar surface area (TPSA) is 90.9 Å². The van der Waals surface area contributed by atoms with Crippen LogP contribution in [0, 0.1) is 6.92 Å². The zero-order valence-corrected chi connectivity index (χ0v) is 11.9. The molecular formula is C12H17N3O5. The normalized spacial score (nSPS) is 9.80. The molecule has 1 rings (SSSR count). The molecule has 0 aliphatic carbocycles. The molecule has 0 amide bonds. The minimum absolute atomic E-state index is 0.134. The van der Waals surface area contributed by atoms with E-state index in [1.165, 1.54) is 32.3 Å². The van der Waals surface area contributed by atoms with Crippen LogP contribution >= 0.6 is 0 Å². The van der Waals surface area contributed by atoms with Gasteiger partial charge in [0.2, 0.25) is 5.88 Å². The Morgan fingerprint density at radius 1 is 1.10 bits per heavy atom. The lowest BCUT2D eigenvalue weighted by Crippen LogP contribution is -2.36. The van der Waals surface area contributed by atoms with Crippen molar-refractivity contribution in [1.82, 2.24) is 9.97 Å². The van der Waals surface area contributed by atoms with Gasteiger partial charge < -0.3 is 19.1 Å². The molecule has 1 aromatic heterocycles. The first-order chi connectivity index (χ1) is 9.49. The van der Waals surface area contributed by atoms with Crippen LogP contribution in [0.2, 0.25) is 0 Å². The van der Waals surface area contributed by atoms with Crippen molar-refractivity contribution in [3.05, 3.63) is 11.9 Å². The molecule has 0 aliphatic heterocycles. The highest BCUT2D eigenvalue weighted by molar-refractivity contribution is 5.80. The highest BCUT2D eigenvalue weighted by atomic mass is 16.5. The fourth-order valence-corrected chi connectivity index (χ4v) is 1.45. The monoisotopic (exact) mass is 283 g/mol. The van der Waals surface area contributed by atoms with E-state index in [9.17, 15) is 9.59 Å². The van der Waals surface area contributed by atoms with E-state index in [1.807, 2.05) is 0 Å². The van der Waals surface area contributed by atoms with Crippen LogP contribution in [0.5, 0.6) is 5.88 Å². The van der Waals surface area contributed by atoms with Gasteiger partial charge in [-0.1, -0.05) is 0 Å². The quantitative estimate of drug-likeness (QED) is 0.671. The molecule has 0 saturated heterocycles. The molecule has 1 heterocycles. The van der Waals surface area contributed by atoms with Gasteiger partial charge in [0.15, 0.2) is 0 Å². The van der Waals surface area contributed by atoms with E-state index in [0.29, 0.717) is 17.5 Å². The third-order valence-corrected chi connectivity index (χ3v) is 2.43. The third-order valence-electron chi connectivity index (χ3n) is 2.43. The lowest BCUT2D eigenvalue weighted by molar-refractivity contribution is -0.140. The summed E-state index contributed by atoms with van der Waals surface area (Å²) in [5, 5.41) is 0. The largest absolute Gasteiger partial charge is 0.481 e. The lowest BCUT2D eigenvalue weighted by atomic mass is 10.4. The van der Waals surface area contributed by atoms with Crippen molar-refractivity contribution in [2.75, 3.05) is 39.3 Å². The first kappa shape index (κ1) is 15.7. The van der Waals surface area contributed by atoms with Gasteiger partial charge in [-0.15, -0.1) is 0 Å². The first-order valence-electron chi connectivity index (χ1n) is 5.78. The van der Waals surface area contributed by atoms with Gasteiger partial charge in [-0.2, -0.15) is 4.98 Å². The highest BCUT2D eigenvalue weighted by Crippen LogP contribution is 2.17. The molecule has 0 spiro atoms. The predicted molar refractivity (Wildman–Crippen MR) is 69.6 cm³/mol. The van der Waals surface area contributed by atoms with E-state index >= 15 is 0 Å². The number of aromatic nitrogens is 2. The number of carbonyl (C=O) groups is 2. The second-order valence-electron chi connectivity index (χ2n) is 3.82. The van der Waals surface area contributed by atoms with Crippen LogP contribution in [0.4, 0.5) is 5.82 Å². The molecule has 0 saturated carbocycles. The Hall–Kier alpha value is -2.38. The Kier molecular flexibility index (Phi) is 5.70. The van der Waals surface area contributed by atoms with Crippen molar-refractivity contribution in [3.8, 4) is 5.88 Å². The van der Waals surface area contributed by atoms with Crippen molar-refractivity contribution in [1.29, 1.82) is 0 Å². The molecule has 1 aromatic rings. The maximum Gasteiger partial charge on any atom is 0.325 e. The molecule has 0 aromatic carbocycles. The minimum atomic E-state index is -0.496. The summed E-state index contributed by atoms with van der Waals surface area (Å²) in [5.74, 6) is 0.185. The Morgan fingerprint density at radius 2 is 1.65 bits per heavy atom. The Morgan fingerprint density at radius 3 is 2.10 bits per heavy atom. The standard InChI is InChI=1S/C12H17N3O5/c1-8-13-9(5-10(14-8)18-2)15(6-11(16)19-3)7-12(17)20-4/h5H,6-7H2,1-4H3. The van der Waals surface area contributed by atoms with Crippen LogP contribution in [0.1, 0.15) is 5.82 Å². The number of hydrogen-bond acceptors (Lipinski definition) is 8. The number of ether oxygens (including phenoxy) is 3. The van der Waals surface area contributed by atoms with Gasteiger partial charge in [-0.25, -0.2) is 4.98 Å². The van der Waals surface area contributed by atoms with Crippen LogP contribution < -0.4 is 9.64 Å². The third kappa shape index (κ3) is 4.38. The van der Waals surface area contributed by atoms with E-state index in [4.69, 9.17) is 4.74 Å². The van der Waals surface area contributed by atoms with Gasteiger partial charge in [-0.05, 0) is 6.92 Å². The van der Waals surface area contributed by atoms with Crippen molar-refractivity contribution >= 4 is 17.8 Å². The molecule has 0 aliphatic rings. The number of hydrogen-bond donors (Lipinski definition) is 0. The second kappa shape index (κ2) is 7.27. The predicted octanol–water partition coefficient (Wildman–Crippen LogP) is -0.0540. The second-order valence-corrected chi connectivity index (χ2v) is 3.82. The Balaban J connectivity index is 3.04. The fourth-order valence-electron chi connectivity index (χ4n) is 1.45. The van der Waals surface area contributed by atoms with E-state index in [-0.39, 0.29) is 13.1 Å².